The lowest BCUT2D eigenvalue weighted by Crippen LogP contribution is -2.36. The summed E-state index contributed by atoms with van der Waals surface area (Å²) in [6.07, 6.45) is 1.57. The minimum atomic E-state index is -0.00507. The number of nitrogens with zero attached hydrogens (tertiary/aromatic N) is 3. The van der Waals surface area contributed by atoms with Crippen LogP contribution in [0.3, 0.4) is 0 Å². The van der Waals surface area contributed by atoms with Gasteiger partial charge >= 0.3 is 0 Å². The van der Waals surface area contributed by atoms with Crippen LogP contribution in [-0.2, 0) is 17.9 Å². The van der Waals surface area contributed by atoms with Gasteiger partial charge in [0.05, 0.1) is 6.54 Å². The lowest BCUT2D eigenvalue weighted by Gasteiger charge is -2.16. The van der Waals surface area contributed by atoms with E-state index >= 15 is 0 Å². The zero-order valence-corrected chi connectivity index (χ0v) is 21.3. The summed E-state index contributed by atoms with van der Waals surface area (Å²) in [5.41, 5.74) is 3.78. The van der Waals surface area contributed by atoms with Crippen LogP contribution in [0.25, 0.3) is 0 Å². The fourth-order valence-electron chi connectivity index (χ4n) is 3.42. The van der Waals surface area contributed by atoms with E-state index in [0.29, 0.717) is 25.1 Å². The lowest BCUT2D eigenvalue weighted by molar-refractivity contribution is -0.117. The number of carbonyl (C=O) groups is 2. The van der Waals surface area contributed by atoms with Gasteiger partial charge in [-0.1, -0.05) is 24.3 Å². The Hall–Kier alpha value is -2.62. The van der Waals surface area contributed by atoms with Gasteiger partial charge in [0.15, 0.2) is 5.96 Å². The van der Waals surface area contributed by atoms with Gasteiger partial charge in [0.2, 0.25) is 5.91 Å². The average molecular weight is 549 g/mol. The molecule has 0 spiro atoms. The minimum absolute atomic E-state index is 0. The molecule has 0 radical (unpaired) electrons. The highest BCUT2D eigenvalue weighted by Gasteiger charge is 2.21. The summed E-state index contributed by atoms with van der Waals surface area (Å²) in [5, 5.41) is 6.59. The summed E-state index contributed by atoms with van der Waals surface area (Å²) in [4.78, 5) is 32.0. The number of nitrogens with one attached hydrogen (secondary N) is 2. The number of anilines is 1. The minimum Gasteiger partial charge on any atom is -0.357 e. The van der Waals surface area contributed by atoms with Crippen molar-refractivity contribution in [2.75, 3.05) is 32.1 Å². The molecule has 0 unspecified atom stereocenters. The molecular formula is C24H32IN5O2. The topological polar surface area (TPSA) is 77.0 Å². The molecule has 172 valence electrons. The standard InChI is InChI=1S/C24H31N5O2.HI/c1-4-25-24(26-16-18-7-11-20(12-8-18)23(31)28(2)3)27-17-19-9-13-21(14-10-19)29-15-5-6-22(29)30;/h7-14H,4-6,15-17H2,1-3H3,(H2,25,26,27);1H. The number of carbonyl (C=O) groups excluding carboxylic acids is 2. The molecule has 2 aromatic carbocycles. The second-order valence-corrected chi connectivity index (χ2v) is 7.76. The highest BCUT2D eigenvalue weighted by molar-refractivity contribution is 14.0. The molecule has 0 atom stereocenters. The van der Waals surface area contributed by atoms with Crippen LogP contribution in [0.4, 0.5) is 5.69 Å². The zero-order chi connectivity index (χ0) is 22.2. The van der Waals surface area contributed by atoms with Crippen molar-refractivity contribution in [1.82, 2.24) is 15.5 Å². The molecule has 0 aromatic heterocycles. The monoisotopic (exact) mass is 549 g/mol. The first-order chi connectivity index (χ1) is 15.0. The first-order valence-corrected chi connectivity index (χ1v) is 10.7. The maximum atomic E-state index is 12.0. The Morgan fingerprint density at radius 3 is 2.25 bits per heavy atom. The van der Waals surface area contributed by atoms with E-state index in [2.05, 4.69) is 15.6 Å². The van der Waals surface area contributed by atoms with Crippen LogP contribution in [0.15, 0.2) is 53.5 Å². The van der Waals surface area contributed by atoms with Crippen LogP contribution in [0.2, 0.25) is 0 Å². The average Bonchev–Trinajstić information content (AvgIpc) is 3.21. The SMILES string of the molecule is CCNC(=NCc1ccc(N2CCCC2=O)cc1)NCc1ccc(C(=O)N(C)C)cc1.I. The quantitative estimate of drug-likeness (QED) is 0.316. The summed E-state index contributed by atoms with van der Waals surface area (Å²) in [6.45, 7) is 4.74. The Labute approximate surface area is 207 Å². The number of guanidine groups is 1. The Balaban J connectivity index is 0.00000363. The number of hydrogen-bond acceptors (Lipinski definition) is 3. The van der Waals surface area contributed by atoms with Crippen molar-refractivity contribution in [1.29, 1.82) is 0 Å². The first kappa shape index (κ1) is 25.6. The molecule has 2 aromatic rings. The van der Waals surface area contributed by atoms with E-state index in [9.17, 15) is 9.59 Å². The first-order valence-electron chi connectivity index (χ1n) is 10.7. The van der Waals surface area contributed by atoms with Crippen LogP contribution in [0, 0.1) is 0 Å². The van der Waals surface area contributed by atoms with Crippen molar-refractivity contribution in [2.24, 2.45) is 4.99 Å². The van der Waals surface area contributed by atoms with Gasteiger partial charge in [0, 0.05) is 51.4 Å². The van der Waals surface area contributed by atoms with E-state index in [-0.39, 0.29) is 35.8 Å². The predicted octanol–water partition coefficient (Wildman–Crippen LogP) is 3.39. The third-order valence-electron chi connectivity index (χ3n) is 5.15. The number of aliphatic imine (C=N–C) groups is 1. The Kier molecular flexibility index (Phi) is 9.96. The van der Waals surface area contributed by atoms with Crippen molar-refractivity contribution in [3.05, 3.63) is 65.2 Å². The van der Waals surface area contributed by atoms with Crippen molar-refractivity contribution >= 4 is 47.4 Å². The van der Waals surface area contributed by atoms with Gasteiger partial charge in [0.1, 0.15) is 0 Å². The number of rotatable bonds is 7. The molecule has 0 saturated carbocycles. The van der Waals surface area contributed by atoms with Crippen molar-refractivity contribution in [2.45, 2.75) is 32.9 Å². The Bertz CT molecular complexity index is 926. The molecule has 0 bridgehead atoms. The summed E-state index contributed by atoms with van der Waals surface area (Å²) in [6, 6.07) is 15.6. The summed E-state index contributed by atoms with van der Waals surface area (Å²) in [7, 11) is 3.49. The number of halogens is 1. The molecule has 8 heteroatoms. The largest absolute Gasteiger partial charge is 0.357 e. The molecule has 3 rings (SSSR count). The highest BCUT2D eigenvalue weighted by Crippen LogP contribution is 2.21. The summed E-state index contributed by atoms with van der Waals surface area (Å²) < 4.78 is 0. The van der Waals surface area contributed by atoms with E-state index < -0.39 is 0 Å². The molecule has 0 aliphatic carbocycles. The van der Waals surface area contributed by atoms with Gasteiger partial charge in [-0.3, -0.25) is 9.59 Å². The van der Waals surface area contributed by atoms with Crippen LogP contribution in [0.5, 0.6) is 0 Å². The number of amides is 2. The second kappa shape index (κ2) is 12.4. The van der Waals surface area contributed by atoms with Gasteiger partial charge in [-0.25, -0.2) is 4.99 Å². The second-order valence-electron chi connectivity index (χ2n) is 7.76. The van der Waals surface area contributed by atoms with Gasteiger partial charge < -0.3 is 20.4 Å². The number of hydrogen-bond donors (Lipinski definition) is 2. The molecule has 1 aliphatic rings. The normalized spacial score (nSPS) is 13.5. The maximum absolute atomic E-state index is 12.0. The lowest BCUT2D eigenvalue weighted by atomic mass is 10.1. The van der Waals surface area contributed by atoms with E-state index in [0.717, 1.165) is 42.3 Å². The van der Waals surface area contributed by atoms with Crippen molar-refractivity contribution in [3.8, 4) is 0 Å². The zero-order valence-electron chi connectivity index (χ0n) is 18.9. The maximum Gasteiger partial charge on any atom is 0.253 e. The van der Waals surface area contributed by atoms with Gasteiger partial charge in [-0.15, -0.1) is 24.0 Å². The molecule has 1 heterocycles. The smallest absolute Gasteiger partial charge is 0.253 e. The Morgan fingerprint density at radius 2 is 1.69 bits per heavy atom. The van der Waals surface area contributed by atoms with Crippen LogP contribution < -0.4 is 15.5 Å². The summed E-state index contributed by atoms with van der Waals surface area (Å²) >= 11 is 0. The molecule has 1 saturated heterocycles. The van der Waals surface area contributed by atoms with Crippen LogP contribution in [-0.4, -0.2) is 49.9 Å². The highest BCUT2D eigenvalue weighted by atomic mass is 127. The third kappa shape index (κ3) is 6.94. The molecule has 2 N–H and O–H groups in total. The summed E-state index contributed by atoms with van der Waals surface area (Å²) in [5.74, 6) is 0.924. The third-order valence-corrected chi connectivity index (χ3v) is 5.15. The van der Waals surface area contributed by atoms with E-state index in [1.807, 2.05) is 60.4 Å². The van der Waals surface area contributed by atoms with Gasteiger partial charge in [-0.05, 0) is 48.7 Å². The fraction of sp³-hybridized carbons (Fsp3) is 0.375. The van der Waals surface area contributed by atoms with E-state index in [1.54, 1.807) is 19.0 Å². The van der Waals surface area contributed by atoms with Crippen LogP contribution in [0.1, 0.15) is 41.3 Å². The fourth-order valence-corrected chi connectivity index (χ4v) is 3.42. The number of benzene rings is 2. The molecule has 2 amide bonds. The predicted molar refractivity (Wildman–Crippen MR) is 140 cm³/mol. The Morgan fingerprint density at radius 1 is 1.03 bits per heavy atom. The van der Waals surface area contributed by atoms with Crippen molar-refractivity contribution < 1.29 is 9.59 Å². The van der Waals surface area contributed by atoms with Crippen LogP contribution >= 0.6 is 24.0 Å². The van der Waals surface area contributed by atoms with Crippen molar-refractivity contribution in [3.63, 3.8) is 0 Å². The van der Waals surface area contributed by atoms with E-state index in [1.165, 1.54) is 0 Å². The van der Waals surface area contributed by atoms with Gasteiger partial charge in [0.25, 0.3) is 5.91 Å². The molecular weight excluding hydrogens is 517 g/mol. The van der Waals surface area contributed by atoms with Gasteiger partial charge in [-0.2, -0.15) is 0 Å². The van der Waals surface area contributed by atoms with E-state index in [4.69, 9.17) is 0 Å². The molecule has 1 fully saturated rings. The molecule has 32 heavy (non-hydrogen) atoms. The molecule has 1 aliphatic heterocycles. The molecule has 7 nitrogen and oxygen atoms in total.